The van der Waals surface area contributed by atoms with Crippen LogP contribution < -0.4 is 0 Å². The fourth-order valence-electron chi connectivity index (χ4n) is 5.65. The van der Waals surface area contributed by atoms with Crippen molar-refractivity contribution in [2.24, 2.45) is 0 Å². The number of rotatable bonds is 34. The van der Waals surface area contributed by atoms with Crippen molar-refractivity contribution < 1.29 is 39.3 Å². The van der Waals surface area contributed by atoms with Crippen LogP contribution in [-0.2, 0) is 29.1 Å². The monoisotopic (exact) mass is 661 g/mol. The van der Waals surface area contributed by atoms with Crippen molar-refractivity contribution in [1.82, 2.24) is 0 Å². The van der Waals surface area contributed by atoms with Gasteiger partial charge in [-0.25, -0.2) is 0 Å². The first-order valence-electron chi connectivity index (χ1n) is 19.0. The summed E-state index contributed by atoms with van der Waals surface area (Å²) in [4.78, 5) is 20.7. The minimum absolute atomic E-state index is 0. The molecule has 0 bridgehead atoms. The Morgan fingerprint density at radius 3 is 0.581 bits per heavy atom. The number of carbonyl (C=O) groups is 2. The normalized spacial score (nSPS) is 10.7. The van der Waals surface area contributed by atoms with Gasteiger partial charge in [-0.05, 0) is 12.8 Å². The van der Waals surface area contributed by atoms with Crippen LogP contribution in [0, 0.1) is 0 Å². The van der Waals surface area contributed by atoms with Gasteiger partial charge in [0.25, 0.3) is 0 Å². The van der Waals surface area contributed by atoms with Crippen LogP contribution in [0.1, 0.15) is 232 Å². The second-order valence-corrected chi connectivity index (χ2v) is 12.9. The number of carboxylic acid groups (broad SMARTS) is 2. The van der Waals surface area contributed by atoms with Crippen molar-refractivity contribution in [2.75, 3.05) is 0 Å². The van der Waals surface area contributed by atoms with E-state index < -0.39 is 11.9 Å². The molecule has 0 atom stereocenters. The number of unbranched alkanes of at least 4 members (excludes halogenated alkanes) is 30. The van der Waals surface area contributed by atoms with Crippen LogP contribution in [0.3, 0.4) is 0 Å². The quantitative estimate of drug-likeness (QED) is 0.0531. The zero-order valence-corrected chi connectivity index (χ0v) is 32.4. The molecule has 0 spiro atoms. The number of hydrogen-bond donors (Lipinski definition) is 2. The first-order valence-corrected chi connectivity index (χ1v) is 19.0. The second-order valence-electron chi connectivity index (χ2n) is 12.9. The summed E-state index contributed by atoms with van der Waals surface area (Å²) in [6.07, 6.45) is 43.3. The smallest absolute Gasteiger partial charge is 0.303 e. The summed E-state index contributed by atoms with van der Waals surface area (Å²) in [6.45, 7) is 4.55. The Labute approximate surface area is 282 Å². The molecule has 0 aliphatic carbocycles. The molecule has 0 heterocycles. The molecule has 5 heteroatoms. The molecule has 0 rings (SSSR count). The fourth-order valence-corrected chi connectivity index (χ4v) is 5.65. The fraction of sp³-hybridized carbons (Fsp3) is 0.947. The molecular weight excluding hydrogens is 586 g/mol. The molecule has 0 unspecified atom stereocenters. The van der Waals surface area contributed by atoms with Gasteiger partial charge < -0.3 is 10.2 Å². The van der Waals surface area contributed by atoms with Gasteiger partial charge in [-0.3, -0.25) is 9.59 Å². The van der Waals surface area contributed by atoms with Gasteiger partial charge in [0.05, 0.1) is 0 Å². The molecule has 0 aromatic heterocycles. The van der Waals surface area contributed by atoms with E-state index in [1.54, 1.807) is 0 Å². The van der Waals surface area contributed by atoms with Crippen molar-refractivity contribution in [3.05, 3.63) is 0 Å². The van der Waals surface area contributed by atoms with E-state index in [0.29, 0.717) is 12.8 Å². The summed E-state index contributed by atoms with van der Waals surface area (Å²) < 4.78 is 0. The van der Waals surface area contributed by atoms with Crippen LogP contribution in [-0.4, -0.2) is 22.2 Å². The minimum atomic E-state index is -0.652. The van der Waals surface area contributed by atoms with E-state index in [2.05, 4.69) is 13.8 Å². The molecule has 0 amide bonds. The molecule has 0 radical (unpaired) electrons. The summed E-state index contributed by atoms with van der Waals surface area (Å²) in [5.41, 5.74) is 0. The molecule has 0 aliphatic rings. The predicted molar refractivity (Wildman–Crippen MR) is 184 cm³/mol. The van der Waals surface area contributed by atoms with Crippen LogP contribution in [0.4, 0.5) is 0 Å². The Morgan fingerprint density at radius 1 is 0.302 bits per heavy atom. The van der Waals surface area contributed by atoms with Gasteiger partial charge in [-0.15, -0.1) is 0 Å². The summed E-state index contributed by atoms with van der Waals surface area (Å²) >= 11 is 0. The van der Waals surface area contributed by atoms with Gasteiger partial charge in [0, 0.05) is 32.3 Å². The molecule has 43 heavy (non-hydrogen) atoms. The maximum atomic E-state index is 10.3. The maximum absolute atomic E-state index is 10.3. The third kappa shape index (κ3) is 51.4. The number of aliphatic carboxylic acids is 2. The van der Waals surface area contributed by atoms with Crippen LogP contribution in [0.15, 0.2) is 0 Å². The molecule has 0 saturated carbocycles. The average molecular weight is 662 g/mol. The summed E-state index contributed by atoms with van der Waals surface area (Å²) in [5, 5.41) is 17.1. The Kier molecular flexibility index (Phi) is 47.7. The molecule has 254 valence electrons. The molecule has 0 fully saturated rings. The molecule has 0 aliphatic heterocycles. The van der Waals surface area contributed by atoms with Crippen LogP contribution in [0.25, 0.3) is 0 Å². The van der Waals surface area contributed by atoms with Gasteiger partial charge in [-0.2, -0.15) is 0 Å². The molecular formula is C38H76O4Zn. The van der Waals surface area contributed by atoms with Crippen LogP contribution in [0.2, 0.25) is 0 Å². The van der Waals surface area contributed by atoms with Crippen molar-refractivity contribution in [1.29, 1.82) is 0 Å². The van der Waals surface area contributed by atoms with E-state index >= 15 is 0 Å². The Morgan fingerprint density at radius 2 is 0.442 bits per heavy atom. The zero-order chi connectivity index (χ0) is 31.2. The van der Waals surface area contributed by atoms with Gasteiger partial charge in [0.1, 0.15) is 0 Å². The third-order valence-corrected chi connectivity index (χ3v) is 8.49. The third-order valence-electron chi connectivity index (χ3n) is 8.49. The van der Waals surface area contributed by atoms with Crippen molar-refractivity contribution in [3.63, 3.8) is 0 Å². The molecule has 4 nitrogen and oxygen atoms in total. The zero-order valence-electron chi connectivity index (χ0n) is 29.5. The summed E-state index contributed by atoms with van der Waals surface area (Å²) in [7, 11) is 0. The van der Waals surface area contributed by atoms with Gasteiger partial charge in [0.2, 0.25) is 0 Å². The van der Waals surface area contributed by atoms with Crippen molar-refractivity contribution in [3.8, 4) is 0 Å². The van der Waals surface area contributed by atoms with E-state index in [1.807, 2.05) is 0 Å². The first kappa shape index (κ1) is 47.0. The Bertz CT molecular complexity index is 480. The molecule has 2 N–H and O–H groups in total. The Balaban J connectivity index is -0.000000727. The van der Waals surface area contributed by atoms with E-state index in [9.17, 15) is 9.59 Å². The molecule has 0 saturated heterocycles. The van der Waals surface area contributed by atoms with Crippen molar-refractivity contribution >= 4 is 11.9 Å². The van der Waals surface area contributed by atoms with E-state index in [4.69, 9.17) is 10.2 Å². The minimum Gasteiger partial charge on any atom is -0.481 e. The number of carboxylic acids is 2. The molecule has 0 aromatic carbocycles. The van der Waals surface area contributed by atoms with E-state index in [1.165, 1.54) is 180 Å². The average Bonchev–Trinajstić information content (AvgIpc) is 2.97. The standard InChI is InChI=1S/2C19H38O2.Zn/c2*1-2-3-4-5-6-7-8-9-10-11-12-13-14-15-16-17-18-19(20)21;/h2*2-18H2,1H3,(H,20,21);. The van der Waals surface area contributed by atoms with E-state index in [-0.39, 0.29) is 19.5 Å². The summed E-state index contributed by atoms with van der Waals surface area (Å²) in [5.74, 6) is -1.30. The molecule has 0 aromatic rings. The predicted octanol–water partition coefficient (Wildman–Crippen LogP) is 13.4. The van der Waals surface area contributed by atoms with Crippen LogP contribution in [0.5, 0.6) is 0 Å². The number of hydrogen-bond acceptors (Lipinski definition) is 2. The largest absolute Gasteiger partial charge is 0.481 e. The van der Waals surface area contributed by atoms with Crippen molar-refractivity contribution in [2.45, 2.75) is 232 Å². The second kappa shape index (κ2) is 43.7. The van der Waals surface area contributed by atoms with Crippen LogP contribution >= 0.6 is 0 Å². The maximum Gasteiger partial charge on any atom is 0.303 e. The van der Waals surface area contributed by atoms with Gasteiger partial charge >= 0.3 is 11.9 Å². The topological polar surface area (TPSA) is 74.6 Å². The Hall–Kier alpha value is -0.437. The SMILES string of the molecule is CCCCCCCCCCCCCCCCCCC(=O)O.CCCCCCCCCCCCCCCCCCC(=O)O.[Zn]. The summed E-state index contributed by atoms with van der Waals surface area (Å²) in [6, 6.07) is 0. The van der Waals surface area contributed by atoms with Gasteiger partial charge in [-0.1, -0.05) is 206 Å². The van der Waals surface area contributed by atoms with E-state index in [0.717, 1.165) is 25.7 Å². The first-order chi connectivity index (χ1) is 20.5. The van der Waals surface area contributed by atoms with Gasteiger partial charge in [0.15, 0.2) is 0 Å².